The summed E-state index contributed by atoms with van der Waals surface area (Å²) >= 11 is 3.24. The third-order valence-corrected chi connectivity index (χ3v) is 3.33. The minimum Gasteiger partial charge on any atom is -0.484 e. The summed E-state index contributed by atoms with van der Waals surface area (Å²) < 4.78 is 6.18. The van der Waals surface area contributed by atoms with Gasteiger partial charge in [0.15, 0.2) is 6.61 Å². The lowest BCUT2D eigenvalue weighted by atomic mass is 10.1. The highest BCUT2D eigenvalue weighted by molar-refractivity contribution is 9.10. The summed E-state index contributed by atoms with van der Waals surface area (Å²) in [7, 11) is 0. The van der Waals surface area contributed by atoms with Gasteiger partial charge in [0, 0.05) is 0 Å². The molecule has 0 fully saturated rings. The van der Waals surface area contributed by atoms with Crippen molar-refractivity contribution < 1.29 is 9.53 Å². The summed E-state index contributed by atoms with van der Waals surface area (Å²) in [6.07, 6.45) is 1.58. The molecule has 5 heteroatoms. The van der Waals surface area contributed by atoms with Crippen LogP contribution in [-0.2, 0) is 4.79 Å². The normalized spacial score (nSPS) is 10.2. The molecule has 0 aliphatic heterocycles. The highest BCUT2D eigenvalue weighted by Gasteiger charge is 2.04. The first-order valence-electron chi connectivity index (χ1n) is 6.16. The molecule has 1 amide bonds. The van der Waals surface area contributed by atoms with Crippen LogP contribution in [0.4, 0.5) is 5.69 Å². The van der Waals surface area contributed by atoms with Crippen molar-refractivity contribution in [3.05, 3.63) is 52.3 Å². The fourth-order valence-corrected chi connectivity index (χ4v) is 1.83. The van der Waals surface area contributed by atoms with E-state index in [2.05, 4.69) is 26.2 Å². The average molecular weight is 335 g/mol. The molecule has 0 unspecified atom stereocenters. The molecule has 1 heterocycles. The van der Waals surface area contributed by atoms with Crippen molar-refractivity contribution in [1.82, 2.24) is 4.98 Å². The molecular weight excluding hydrogens is 320 g/mol. The lowest BCUT2D eigenvalue weighted by Crippen LogP contribution is -2.20. The minimum atomic E-state index is -0.215. The Morgan fingerprint density at radius 2 is 2.05 bits per heavy atom. The molecular formula is C15H15BrN2O2. The second-order valence-electron chi connectivity index (χ2n) is 4.45. The second kappa shape index (κ2) is 6.52. The van der Waals surface area contributed by atoms with Gasteiger partial charge in [-0.1, -0.05) is 6.07 Å². The average Bonchev–Trinajstić information content (AvgIpc) is 2.43. The van der Waals surface area contributed by atoms with E-state index in [1.807, 2.05) is 32.0 Å². The third-order valence-electron chi connectivity index (χ3n) is 2.86. The zero-order chi connectivity index (χ0) is 14.5. The number of pyridine rings is 1. The first-order chi connectivity index (χ1) is 9.54. The van der Waals surface area contributed by atoms with Crippen LogP contribution in [0.15, 0.2) is 41.1 Å². The first-order valence-corrected chi connectivity index (χ1v) is 6.95. The van der Waals surface area contributed by atoms with Crippen LogP contribution in [0.3, 0.4) is 0 Å². The number of hydrogen-bond donors (Lipinski definition) is 1. The lowest BCUT2D eigenvalue weighted by Gasteiger charge is -2.09. The number of aryl methyl sites for hydroxylation is 2. The largest absolute Gasteiger partial charge is 0.484 e. The Balaban J connectivity index is 1.88. The Hall–Kier alpha value is -1.88. The molecule has 1 aromatic heterocycles. The Kier molecular flexibility index (Phi) is 4.74. The number of nitrogens with zero attached hydrogens (tertiary/aromatic N) is 1. The SMILES string of the molecule is Cc1ccc(OCC(=O)Nc2ccc(Br)nc2)cc1C. The molecule has 0 bridgehead atoms. The first kappa shape index (κ1) is 14.5. The number of amides is 1. The quantitative estimate of drug-likeness (QED) is 0.871. The summed E-state index contributed by atoms with van der Waals surface area (Å²) in [4.78, 5) is 15.8. The number of hydrogen-bond acceptors (Lipinski definition) is 3. The molecule has 1 aromatic carbocycles. The zero-order valence-electron chi connectivity index (χ0n) is 11.3. The number of ether oxygens (including phenoxy) is 1. The fraction of sp³-hybridized carbons (Fsp3) is 0.200. The van der Waals surface area contributed by atoms with Crippen molar-refractivity contribution in [2.75, 3.05) is 11.9 Å². The van der Waals surface area contributed by atoms with Crippen LogP contribution in [0.1, 0.15) is 11.1 Å². The van der Waals surface area contributed by atoms with E-state index in [0.29, 0.717) is 11.4 Å². The van der Waals surface area contributed by atoms with Gasteiger partial charge in [0.25, 0.3) is 5.91 Å². The molecule has 2 aromatic rings. The van der Waals surface area contributed by atoms with E-state index in [4.69, 9.17) is 4.74 Å². The predicted octanol–water partition coefficient (Wildman–Crippen LogP) is 3.48. The standard InChI is InChI=1S/C15H15BrN2O2/c1-10-3-5-13(7-11(10)2)20-9-15(19)18-12-4-6-14(16)17-8-12/h3-8H,9H2,1-2H3,(H,18,19). The van der Waals surface area contributed by atoms with Crippen molar-refractivity contribution in [1.29, 1.82) is 0 Å². The molecule has 0 spiro atoms. The van der Waals surface area contributed by atoms with Gasteiger partial charge < -0.3 is 10.1 Å². The van der Waals surface area contributed by atoms with Gasteiger partial charge in [0.05, 0.1) is 11.9 Å². The summed E-state index contributed by atoms with van der Waals surface area (Å²) in [5, 5.41) is 2.72. The summed E-state index contributed by atoms with van der Waals surface area (Å²) in [5.74, 6) is 0.476. The number of rotatable bonds is 4. The van der Waals surface area contributed by atoms with Crippen molar-refractivity contribution >= 4 is 27.5 Å². The van der Waals surface area contributed by atoms with E-state index in [1.165, 1.54) is 5.56 Å². The van der Waals surface area contributed by atoms with E-state index in [-0.39, 0.29) is 12.5 Å². The summed E-state index contributed by atoms with van der Waals surface area (Å²) in [6, 6.07) is 9.28. The zero-order valence-corrected chi connectivity index (χ0v) is 12.9. The Morgan fingerprint density at radius 1 is 1.25 bits per heavy atom. The van der Waals surface area contributed by atoms with E-state index < -0.39 is 0 Å². The summed E-state index contributed by atoms with van der Waals surface area (Å²) in [5.41, 5.74) is 2.98. The molecule has 4 nitrogen and oxygen atoms in total. The minimum absolute atomic E-state index is 0.0292. The number of anilines is 1. The number of carbonyl (C=O) groups excluding carboxylic acids is 1. The number of aromatic nitrogens is 1. The van der Waals surface area contributed by atoms with Gasteiger partial charge in [-0.25, -0.2) is 4.98 Å². The van der Waals surface area contributed by atoms with Gasteiger partial charge in [0.1, 0.15) is 10.4 Å². The van der Waals surface area contributed by atoms with Gasteiger partial charge >= 0.3 is 0 Å². The predicted molar refractivity (Wildman–Crippen MR) is 82.0 cm³/mol. The smallest absolute Gasteiger partial charge is 0.262 e. The molecule has 0 radical (unpaired) electrons. The topological polar surface area (TPSA) is 51.2 Å². The highest BCUT2D eigenvalue weighted by Crippen LogP contribution is 2.16. The van der Waals surface area contributed by atoms with Crippen LogP contribution in [0.5, 0.6) is 5.75 Å². The van der Waals surface area contributed by atoms with E-state index in [9.17, 15) is 4.79 Å². The van der Waals surface area contributed by atoms with Crippen molar-refractivity contribution in [2.24, 2.45) is 0 Å². The van der Waals surface area contributed by atoms with Gasteiger partial charge in [-0.15, -0.1) is 0 Å². The van der Waals surface area contributed by atoms with Crippen LogP contribution in [0, 0.1) is 13.8 Å². The number of halogens is 1. The number of benzene rings is 1. The maximum atomic E-state index is 11.7. The molecule has 20 heavy (non-hydrogen) atoms. The molecule has 1 N–H and O–H groups in total. The maximum Gasteiger partial charge on any atom is 0.262 e. The number of carbonyl (C=O) groups is 1. The highest BCUT2D eigenvalue weighted by atomic mass is 79.9. The Bertz CT molecular complexity index is 612. The molecule has 0 aliphatic carbocycles. The molecule has 104 valence electrons. The van der Waals surface area contributed by atoms with Gasteiger partial charge in [-0.05, 0) is 65.2 Å². The van der Waals surface area contributed by atoms with Gasteiger partial charge in [0.2, 0.25) is 0 Å². The van der Waals surface area contributed by atoms with E-state index >= 15 is 0 Å². The maximum absolute atomic E-state index is 11.7. The number of nitrogens with one attached hydrogen (secondary N) is 1. The molecule has 0 saturated carbocycles. The lowest BCUT2D eigenvalue weighted by molar-refractivity contribution is -0.118. The molecule has 0 atom stereocenters. The monoisotopic (exact) mass is 334 g/mol. The molecule has 0 aliphatic rings. The van der Waals surface area contributed by atoms with Crippen molar-refractivity contribution in [3.8, 4) is 5.75 Å². The van der Waals surface area contributed by atoms with Crippen molar-refractivity contribution in [2.45, 2.75) is 13.8 Å². The van der Waals surface area contributed by atoms with Gasteiger partial charge in [-0.2, -0.15) is 0 Å². The fourth-order valence-electron chi connectivity index (χ4n) is 1.60. The molecule has 0 saturated heterocycles. The van der Waals surface area contributed by atoms with Crippen molar-refractivity contribution in [3.63, 3.8) is 0 Å². The van der Waals surface area contributed by atoms with Gasteiger partial charge in [-0.3, -0.25) is 4.79 Å². The van der Waals surface area contributed by atoms with Crippen LogP contribution >= 0.6 is 15.9 Å². The van der Waals surface area contributed by atoms with Crippen LogP contribution < -0.4 is 10.1 Å². The van der Waals surface area contributed by atoms with Crippen LogP contribution in [-0.4, -0.2) is 17.5 Å². The van der Waals surface area contributed by atoms with Crippen LogP contribution in [0.2, 0.25) is 0 Å². The summed E-state index contributed by atoms with van der Waals surface area (Å²) in [6.45, 7) is 4.01. The molecule has 2 rings (SSSR count). The third kappa shape index (κ3) is 4.06. The Labute approximate surface area is 126 Å². The Morgan fingerprint density at radius 3 is 2.70 bits per heavy atom. The van der Waals surface area contributed by atoms with Crippen LogP contribution in [0.25, 0.3) is 0 Å². The van der Waals surface area contributed by atoms with E-state index in [1.54, 1.807) is 18.3 Å². The second-order valence-corrected chi connectivity index (χ2v) is 5.26. The van der Waals surface area contributed by atoms with E-state index in [0.717, 1.165) is 10.2 Å².